The lowest BCUT2D eigenvalue weighted by atomic mass is 10.1. The van der Waals surface area contributed by atoms with Gasteiger partial charge in [-0.3, -0.25) is 32.5 Å². The molecule has 0 spiro atoms. The number of carbonyl (C=O) groups excluding carboxylic acids is 3. The topological polar surface area (TPSA) is 231 Å². The molecule has 0 aromatic heterocycles. The highest BCUT2D eigenvalue weighted by Crippen LogP contribution is 2.45. The van der Waals surface area contributed by atoms with E-state index in [1.165, 1.54) is 64.2 Å². The van der Waals surface area contributed by atoms with Crippen LogP contribution >= 0.6 is 15.6 Å². The van der Waals surface area contributed by atoms with Crippen LogP contribution in [0.15, 0.2) is 170 Å². The van der Waals surface area contributed by atoms with Crippen LogP contribution in [0.1, 0.15) is 316 Å². The van der Waals surface area contributed by atoms with Crippen LogP contribution in [0, 0.1) is 0 Å². The van der Waals surface area contributed by atoms with Gasteiger partial charge in [0.2, 0.25) is 0 Å². The average molecular weight is 1540 g/mol. The van der Waals surface area contributed by atoms with Gasteiger partial charge < -0.3 is 34.2 Å². The van der Waals surface area contributed by atoms with Gasteiger partial charge in [-0.1, -0.05) is 319 Å². The maximum atomic E-state index is 13.0. The van der Waals surface area contributed by atoms with Crippen molar-refractivity contribution in [1.29, 1.82) is 0 Å². The molecule has 0 radical (unpaired) electrons. The molecule has 0 saturated heterocycles. The molecule has 0 heterocycles. The van der Waals surface area contributed by atoms with Gasteiger partial charge in [-0.15, -0.1) is 0 Å². The summed E-state index contributed by atoms with van der Waals surface area (Å²) in [6, 6.07) is 0. The van der Waals surface area contributed by atoms with Crippen molar-refractivity contribution < 1.29 is 75.8 Å². The number of hydrogen-bond acceptors (Lipinski definition) is 14. The lowest BCUT2D eigenvalue weighted by molar-refractivity contribution is -0.161. The zero-order valence-corrected chi connectivity index (χ0v) is 68.5. The third kappa shape index (κ3) is 81.7. The van der Waals surface area contributed by atoms with Gasteiger partial charge in [0.1, 0.15) is 25.4 Å². The van der Waals surface area contributed by atoms with E-state index in [2.05, 4.69) is 191 Å². The minimum Gasteiger partial charge on any atom is -0.463 e. The molecule has 0 saturated carbocycles. The minimum absolute atomic E-state index is 0.0830. The van der Waals surface area contributed by atoms with Gasteiger partial charge in [0, 0.05) is 19.3 Å². The van der Waals surface area contributed by atoms with E-state index in [-0.39, 0.29) is 19.3 Å². The van der Waals surface area contributed by atoms with E-state index in [0.717, 1.165) is 193 Å². The second kappa shape index (κ2) is 80.4. The van der Waals surface area contributed by atoms with Gasteiger partial charge in [0.05, 0.1) is 26.4 Å². The molecular weight excluding hydrogens is 1390 g/mol. The Balaban J connectivity index is 4.52. The molecule has 0 rings (SSSR count). The third-order valence-electron chi connectivity index (χ3n) is 16.9. The van der Waals surface area contributed by atoms with Gasteiger partial charge in [-0.05, 0) is 148 Å². The number of ether oxygens (including phenoxy) is 3. The molecule has 5 unspecified atom stereocenters. The molecule has 0 bridgehead atoms. The molecule has 0 aliphatic rings. The van der Waals surface area contributed by atoms with E-state index >= 15 is 0 Å². The first-order valence-corrected chi connectivity index (χ1v) is 44.4. The van der Waals surface area contributed by atoms with E-state index in [4.69, 9.17) is 32.3 Å². The zero-order chi connectivity index (χ0) is 78.0. The van der Waals surface area contributed by atoms with Crippen LogP contribution in [0.25, 0.3) is 0 Å². The number of carbonyl (C=O) groups is 3. The monoisotopic (exact) mass is 1540 g/mol. The molecular formula is C89H148O16P2. The first-order valence-electron chi connectivity index (χ1n) is 41.4. The molecule has 16 nitrogen and oxygen atoms in total. The summed E-state index contributed by atoms with van der Waals surface area (Å²) in [7, 11) is -9.81. The van der Waals surface area contributed by atoms with Crippen LogP contribution in [0.5, 0.6) is 0 Å². The van der Waals surface area contributed by atoms with E-state index in [1.54, 1.807) is 0 Å². The van der Waals surface area contributed by atoms with Crippen LogP contribution in [-0.2, 0) is 55.8 Å². The number of unbranched alkanes of at least 4 members (excludes halogenated alkanes) is 26. The molecule has 0 fully saturated rings. The summed E-state index contributed by atoms with van der Waals surface area (Å²) in [6.45, 7) is 2.36. The van der Waals surface area contributed by atoms with Gasteiger partial charge in [0.25, 0.3) is 0 Å². The zero-order valence-electron chi connectivity index (χ0n) is 66.7. The molecule has 0 aromatic carbocycles. The van der Waals surface area contributed by atoms with Crippen LogP contribution < -0.4 is 0 Å². The maximum absolute atomic E-state index is 13.0. The molecule has 4 N–H and O–H groups in total. The predicted octanol–water partition coefficient (Wildman–Crippen LogP) is 24.8. The van der Waals surface area contributed by atoms with Gasteiger partial charge in [-0.2, -0.15) is 0 Å². The molecule has 610 valence electrons. The molecule has 0 amide bonds. The highest BCUT2D eigenvalue weighted by atomic mass is 31.2. The van der Waals surface area contributed by atoms with E-state index in [1.807, 2.05) is 0 Å². The standard InChI is InChI=1S/C89H148O16P2/c1-4-7-10-13-16-19-22-25-27-29-31-33-35-37-39-41-43-45-47-49-51-53-55-58-60-63-66-69-72-75-87(92)99-78-84(90)79-101-106(95,96)102-80-85(91)81-103-107(97,98)104-83-86(105-89(94)77-74-71-68-65-62-57-24-21-18-15-12-9-6-3)82-100-88(93)76-73-70-67-64-61-59-56-54-52-50-48-46-44-42-40-38-36-34-32-30-28-26-23-20-17-14-11-8-5-2/h7-8,10-12,15-17,19-21,24-28,31-34,37-40,43-46,84-86,90-91H,4-6,9,13-14,18,22-23,29-30,35-36,41-42,47-83H2,1-3H3,(H,95,96)(H,97,98)/b10-7-,11-8-,15-12-,19-16-,20-17-,24-21-,27-25-,28-26-,33-31-,34-32-,39-37-,40-38-,45-43-,46-44-. The van der Waals surface area contributed by atoms with Crippen molar-refractivity contribution in [1.82, 2.24) is 0 Å². The normalized spacial score (nSPS) is 14.8. The number of hydrogen-bond donors (Lipinski definition) is 4. The largest absolute Gasteiger partial charge is 0.472 e. The summed E-state index contributed by atoms with van der Waals surface area (Å²) in [4.78, 5) is 58.7. The fourth-order valence-corrected chi connectivity index (χ4v) is 12.3. The number of phosphoric acid groups is 2. The highest BCUT2D eigenvalue weighted by Gasteiger charge is 2.29. The number of phosphoric ester groups is 2. The van der Waals surface area contributed by atoms with E-state index in [0.29, 0.717) is 19.3 Å². The van der Waals surface area contributed by atoms with Crippen molar-refractivity contribution in [2.75, 3.05) is 39.6 Å². The summed E-state index contributed by atoms with van der Waals surface area (Å²) < 4.78 is 61.2. The van der Waals surface area contributed by atoms with Gasteiger partial charge in [-0.25, -0.2) is 9.13 Å². The summed E-state index contributed by atoms with van der Waals surface area (Å²) in [5.41, 5.74) is 0. The average Bonchev–Trinajstić information content (AvgIpc) is 0.909. The van der Waals surface area contributed by atoms with Crippen LogP contribution in [0.4, 0.5) is 0 Å². The van der Waals surface area contributed by atoms with Crippen molar-refractivity contribution in [3.8, 4) is 0 Å². The number of allylic oxidation sites excluding steroid dienone is 28. The summed E-state index contributed by atoms with van der Waals surface area (Å²) in [5, 5.41) is 20.7. The second-order valence-electron chi connectivity index (χ2n) is 27.2. The Bertz CT molecular complexity index is 2620. The first-order chi connectivity index (χ1) is 52.2. The number of aliphatic hydroxyl groups excluding tert-OH is 2. The highest BCUT2D eigenvalue weighted by molar-refractivity contribution is 7.47. The molecule has 107 heavy (non-hydrogen) atoms. The van der Waals surface area contributed by atoms with Crippen molar-refractivity contribution in [2.45, 2.75) is 334 Å². The predicted molar refractivity (Wildman–Crippen MR) is 445 cm³/mol. The van der Waals surface area contributed by atoms with Crippen LogP contribution in [0.3, 0.4) is 0 Å². The Kier molecular flexibility index (Phi) is 76.6. The molecule has 5 atom stereocenters. The Morgan fingerprint density at radius 3 is 0.785 bits per heavy atom. The lowest BCUT2D eigenvalue weighted by Crippen LogP contribution is -2.30. The Labute approximate surface area is 650 Å². The fourth-order valence-electron chi connectivity index (χ4n) is 10.7. The van der Waals surface area contributed by atoms with E-state index < -0.39 is 91.5 Å². The van der Waals surface area contributed by atoms with Crippen molar-refractivity contribution in [3.05, 3.63) is 170 Å². The smallest absolute Gasteiger partial charge is 0.463 e. The molecule has 0 aromatic rings. The molecule has 0 aliphatic heterocycles. The quantitative estimate of drug-likeness (QED) is 0.0146. The number of aliphatic hydroxyl groups is 2. The summed E-state index contributed by atoms with van der Waals surface area (Å²) >= 11 is 0. The second-order valence-corrected chi connectivity index (χ2v) is 30.1. The lowest BCUT2D eigenvalue weighted by Gasteiger charge is -2.21. The number of esters is 3. The number of rotatable bonds is 77. The van der Waals surface area contributed by atoms with Crippen molar-refractivity contribution >= 4 is 33.6 Å². The minimum atomic E-state index is -4.94. The van der Waals surface area contributed by atoms with Gasteiger partial charge in [0.15, 0.2) is 6.10 Å². The molecule has 18 heteroatoms. The van der Waals surface area contributed by atoms with E-state index in [9.17, 15) is 43.5 Å². The summed E-state index contributed by atoms with van der Waals surface area (Å²) in [6.07, 6.45) is 103. The maximum Gasteiger partial charge on any atom is 0.472 e. The van der Waals surface area contributed by atoms with Crippen LogP contribution in [0.2, 0.25) is 0 Å². The van der Waals surface area contributed by atoms with Gasteiger partial charge >= 0.3 is 33.6 Å². The Hall–Kier alpha value is -5.09. The first kappa shape index (κ1) is 102. The third-order valence-corrected chi connectivity index (χ3v) is 18.8. The fraction of sp³-hybridized carbons (Fsp3) is 0.652. The van der Waals surface area contributed by atoms with Crippen molar-refractivity contribution in [2.24, 2.45) is 0 Å². The SMILES string of the molecule is CC/C=C\C/C=C\C/C=C\C/C=C\C/C=C\C/C=C\CCCCCCCCCCCCC(=O)OCC(O)COP(=O)(O)OCC(O)COP(=O)(O)OCC(COC(=O)CCCCCCCCCCCC/C=C\C/C=C\C/C=C\C/C=C\C/C=C\C/C=C\CC)OC(=O)CCCCCCC/C=C\C/C=C\CCC. The van der Waals surface area contributed by atoms with Crippen LogP contribution in [-0.4, -0.2) is 95.9 Å². The Morgan fingerprint density at radius 1 is 0.271 bits per heavy atom. The Morgan fingerprint density at radius 2 is 0.495 bits per heavy atom. The van der Waals surface area contributed by atoms with Crippen molar-refractivity contribution in [3.63, 3.8) is 0 Å². The summed E-state index contributed by atoms with van der Waals surface area (Å²) in [5.74, 6) is -1.60. The molecule has 0 aliphatic carbocycles.